The van der Waals surface area contributed by atoms with E-state index in [0.717, 1.165) is 31.6 Å². The van der Waals surface area contributed by atoms with Crippen molar-refractivity contribution in [2.75, 3.05) is 11.9 Å². The van der Waals surface area contributed by atoms with Crippen molar-refractivity contribution >= 4 is 5.69 Å². The summed E-state index contributed by atoms with van der Waals surface area (Å²) in [7, 11) is 0. The minimum atomic E-state index is 0.814. The Balaban J connectivity index is 1.51. The van der Waals surface area contributed by atoms with E-state index in [9.17, 15) is 0 Å². The monoisotopic (exact) mass is 292 g/mol. The fourth-order valence-corrected chi connectivity index (χ4v) is 2.43. The van der Waals surface area contributed by atoms with Gasteiger partial charge in [0.05, 0.1) is 6.54 Å². The highest BCUT2D eigenvalue weighted by Crippen LogP contribution is 2.13. The van der Waals surface area contributed by atoms with Crippen LogP contribution in [0.1, 0.15) is 11.1 Å². The van der Waals surface area contributed by atoms with Crippen molar-refractivity contribution in [2.45, 2.75) is 19.4 Å². The fourth-order valence-electron chi connectivity index (χ4n) is 2.43. The summed E-state index contributed by atoms with van der Waals surface area (Å²) in [6.45, 7) is 1.65. The summed E-state index contributed by atoms with van der Waals surface area (Å²) in [6.07, 6.45) is 5.42. The van der Waals surface area contributed by atoms with E-state index in [4.69, 9.17) is 0 Å². The molecular weight excluding hydrogens is 272 g/mol. The van der Waals surface area contributed by atoms with Crippen LogP contribution >= 0.6 is 0 Å². The maximum Gasteiger partial charge on any atom is 0.137 e. The van der Waals surface area contributed by atoms with Crippen molar-refractivity contribution in [1.29, 1.82) is 0 Å². The van der Waals surface area contributed by atoms with Crippen LogP contribution in [0.15, 0.2) is 67.3 Å². The molecule has 0 saturated carbocycles. The number of benzene rings is 2. The third-order valence-electron chi connectivity index (χ3n) is 3.61. The van der Waals surface area contributed by atoms with E-state index in [1.54, 1.807) is 12.7 Å². The van der Waals surface area contributed by atoms with Crippen molar-refractivity contribution in [3.05, 3.63) is 78.4 Å². The quantitative estimate of drug-likeness (QED) is 0.727. The second kappa shape index (κ2) is 7.41. The van der Waals surface area contributed by atoms with Gasteiger partial charge in [-0.1, -0.05) is 42.5 Å². The molecule has 3 rings (SSSR count). The van der Waals surface area contributed by atoms with Crippen molar-refractivity contribution in [2.24, 2.45) is 0 Å². The molecule has 0 aliphatic heterocycles. The predicted molar refractivity (Wildman–Crippen MR) is 88.8 cm³/mol. The number of aromatic nitrogens is 3. The average molecular weight is 292 g/mol. The summed E-state index contributed by atoms with van der Waals surface area (Å²) in [4.78, 5) is 3.94. The van der Waals surface area contributed by atoms with Crippen molar-refractivity contribution in [3.8, 4) is 0 Å². The highest BCUT2D eigenvalue weighted by Gasteiger charge is 1.98. The molecule has 2 aromatic carbocycles. The molecular formula is C18H20N4. The Morgan fingerprint density at radius 1 is 0.909 bits per heavy atom. The van der Waals surface area contributed by atoms with Crippen LogP contribution in [0, 0.1) is 0 Å². The first kappa shape index (κ1) is 14.3. The topological polar surface area (TPSA) is 42.7 Å². The largest absolute Gasteiger partial charge is 0.383 e. The van der Waals surface area contributed by atoms with E-state index < -0.39 is 0 Å². The molecule has 0 saturated heterocycles. The second-order valence-corrected chi connectivity index (χ2v) is 5.27. The van der Waals surface area contributed by atoms with Gasteiger partial charge in [0.1, 0.15) is 12.7 Å². The first-order valence-electron chi connectivity index (χ1n) is 7.59. The van der Waals surface area contributed by atoms with Crippen LogP contribution in [0.5, 0.6) is 0 Å². The number of hydrogen-bond donors (Lipinski definition) is 1. The summed E-state index contributed by atoms with van der Waals surface area (Å²) in [5.74, 6) is 0. The van der Waals surface area contributed by atoms with Gasteiger partial charge < -0.3 is 5.32 Å². The molecule has 3 aromatic rings. The van der Waals surface area contributed by atoms with Crippen LogP contribution in [-0.4, -0.2) is 21.3 Å². The SMILES string of the molecule is c1ccc(CCc2cccc(NCCn3cncn3)c2)cc1. The average Bonchev–Trinajstić information content (AvgIpc) is 3.08. The molecule has 1 aromatic heterocycles. The number of aryl methyl sites for hydroxylation is 2. The zero-order valence-corrected chi connectivity index (χ0v) is 12.5. The molecule has 0 atom stereocenters. The van der Waals surface area contributed by atoms with Crippen molar-refractivity contribution in [3.63, 3.8) is 0 Å². The van der Waals surface area contributed by atoms with Crippen LogP contribution in [0.2, 0.25) is 0 Å². The van der Waals surface area contributed by atoms with Crippen LogP contribution < -0.4 is 5.32 Å². The van der Waals surface area contributed by atoms with E-state index >= 15 is 0 Å². The summed E-state index contributed by atoms with van der Waals surface area (Å²) in [6, 6.07) is 19.2. The van der Waals surface area contributed by atoms with Gasteiger partial charge in [0, 0.05) is 12.2 Å². The van der Waals surface area contributed by atoms with E-state index in [2.05, 4.69) is 70.0 Å². The zero-order chi connectivity index (χ0) is 15.0. The Morgan fingerprint density at radius 3 is 2.55 bits per heavy atom. The number of nitrogens with one attached hydrogen (secondary N) is 1. The Bertz CT molecular complexity index is 677. The standard InChI is InChI=1S/C18H20N4/c1-2-5-16(6-3-1)9-10-17-7-4-8-18(13-17)20-11-12-22-15-19-14-21-22/h1-8,13-15,20H,9-12H2. The number of nitrogens with zero attached hydrogens (tertiary/aromatic N) is 3. The Morgan fingerprint density at radius 2 is 1.73 bits per heavy atom. The van der Waals surface area contributed by atoms with Crippen LogP contribution in [0.4, 0.5) is 5.69 Å². The van der Waals surface area contributed by atoms with Gasteiger partial charge in [-0.05, 0) is 36.1 Å². The van der Waals surface area contributed by atoms with Gasteiger partial charge in [0.25, 0.3) is 0 Å². The molecule has 112 valence electrons. The Hall–Kier alpha value is -2.62. The molecule has 0 bridgehead atoms. The van der Waals surface area contributed by atoms with Crippen LogP contribution in [0.3, 0.4) is 0 Å². The molecule has 0 unspecified atom stereocenters. The molecule has 0 amide bonds. The zero-order valence-electron chi connectivity index (χ0n) is 12.5. The third kappa shape index (κ3) is 4.19. The molecule has 0 aliphatic rings. The Labute approximate surface area is 130 Å². The van der Waals surface area contributed by atoms with Crippen molar-refractivity contribution in [1.82, 2.24) is 14.8 Å². The van der Waals surface area contributed by atoms with E-state index in [-0.39, 0.29) is 0 Å². The van der Waals surface area contributed by atoms with Gasteiger partial charge in [-0.25, -0.2) is 4.98 Å². The van der Waals surface area contributed by atoms with Crippen LogP contribution in [-0.2, 0) is 19.4 Å². The van der Waals surface area contributed by atoms with Gasteiger partial charge in [-0.3, -0.25) is 4.68 Å². The van der Waals surface area contributed by atoms with E-state index in [0.29, 0.717) is 0 Å². The lowest BCUT2D eigenvalue weighted by molar-refractivity contribution is 0.636. The summed E-state index contributed by atoms with van der Waals surface area (Å²) in [5, 5.41) is 7.53. The molecule has 4 heteroatoms. The number of hydrogen-bond acceptors (Lipinski definition) is 3. The molecule has 4 nitrogen and oxygen atoms in total. The van der Waals surface area contributed by atoms with Crippen molar-refractivity contribution < 1.29 is 0 Å². The Kier molecular flexibility index (Phi) is 4.82. The van der Waals surface area contributed by atoms with Gasteiger partial charge in [0.2, 0.25) is 0 Å². The molecule has 22 heavy (non-hydrogen) atoms. The lowest BCUT2D eigenvalue weighted by Crippen LogP contribution is -2.10. The predicted octanol–water partition coefficient (Wildman–Crippen LogP) is 3.18. The van der Waals surface area contributed by atoms with E-state index in [1.165, 1.54) is 11.1 Å². The third-order valence-corrected chi connectivity index (χ3v) is 3.61. The molecule has 0 fully saturated rings. The normalized spacial score (nSPS) is 10.5. The van der Waals surface area contributed by atoms with E-state index in [1.807, 2.05) is 4.68 Å². The smallest absolute Gasteiger partial charge is 0.137 e. The van der Waals surface area contributed by atoms with Gasteiger partial charge in [-0.15, -0.1) is 0 Å². The van der Waals surface area contributed by atoms with Crippen LogP contribution in [0.25, 0.3) is 0 Å². The summed E-state index contributed by atoms with van der Waals surface area (Å²) < 4.78 is 1.83. The fraction of sp³-hybridized carbons (Fsp3) is 0.222. The van der Waals surface area contributed by atoms with Gasteiger partial charge in [0.15, 0.2) is 0 Å². The summed E-state index contributed by atoms with van der Waals surface area (Å²) >= 11 is 0. The second-order valence-electron chi connectivity index (χ2n) is 5.27. The molecule has 1 heterocycles. The lowest BCUT2D eigenvalue weighted by Gasteiger charge is -2.08. The van der Waals surface area contributed by atoms with Gasteiger partial charge in [-0.2, -0.15) is 5.10 Å². The number of rotatable bonds is 7. The summed E-state index contributed by atoms with van der Waals surface area (Å²) in [5.41, 5.74) is 3.90. The first-order valence-corrected chi connectivity index (χ1v) is 7.59. The minimum Gasteiger partial charge on any atom is -0.383 e. The lowest BCUT2D eigenvalue weighted by atomic mass is 10.0. The molecule has 0 radical (unpaired) electrons. The number of anilines is 1. The highest BCUT2D eigenvalue weighted by atomic mass is 15.3. The first-order chi connectivity index (χ1) is 10.9. The maximum atomic E-state index is 4.09. The molecule has 0 spiro atoms. The molecule has 0 aliphatic carbocycles. The molecule has 1 N–H and O–H groups in total. The highest BCUT2D eigenvalue weighted by molar-refractivity contribution is 5.45. The maximum absolute atomic E-state index is 4.09. The minimum absolute atomic E-state index is 0.814. The van der Waals surface area contributed by atoms with Gasteiger partial charge >= 0.3 is 0 Å².